The van der Waals surface area contributed by atoms with Crippen LogP contribution in [0.15, 0.2) is 66.0 Å². The molecule has 0 unspecified atom stereocenters. The number of halogens is 1. The number of pyridine rings is 1. The highest BCUT2D eigenvalue weighted by molar-refractivity contribution is 7.16. The van der Waals surface area contributed by atoms with Crippen LogP contribution in [0.3, 0.4) is 0 Å². The van der Waals surface area contributed by atoms with Crippen molar-refractivity contribution in [2.45, 2.75) is 6.54 Å². The second-order valence-corrected chi connectivity index (χ2v) is 8.58. The highest BCUT2D eigenvalue weighted by atomic mass is 35.5. The van der Waals surface area contributed by atoms with Crippen molar-refractivity contribution in [1.82, 2.24) is 14.8 Å². The molecule has 0 saturated carbocycles. The number of nitrogens with zero attached hydrogens (tertiary/aromatic N) is 2. The van der Waals surface area contributed by atoms with E-state index in [1.807, 2.05) is 12.1 Å². The minimum Gasteiger partial charge on any atom is -0.496 e. The van der Waals surface area contributed by atoms with E-state index in [0.717, 1.165) is 4.88 Å². The standard InChI is InChI=1S/C23H19ClN4O3S/c1-3-15-10-14(11-22(29)26-15)18-12-21(25-13-16-8-9-20(24)32-16)28(27-18)23(30)17-6-4-5-7-19(17)31-2/h3-12,25H,1,13H2,2H3,(H,26,29). The number of carbonyl (C=O) groups is 1. The van der Waals surface area contributed by atoms with Gasteiger partial charge in [-0.2, -0.15) is 9.78 Å². The third-order valence-corrected chi connectivity index (χ3v) is 5.92. The summed E-state index contributed by atoms with van der Waals surface area (Å²) in [5.41, 5.74) is 1.67. The van der Waals surface area contributed by atoms with Gasteiger partial charge in [0.25, 0.3) is 5.91 Å². The Morgan fingerprint density at radius 1 is 1.28 bits per heavy atom. The summed E-state index contributed by atoms with van der Waals surface area (Å²) in [7, 11) is 1.51. The first-order valence-electron chi connectivity index (χ1n) is 9.61. The number of nitrogens with one attached hydrogen (secondary N) is 2. The molecule has 4 aromatic rings. The average molecular weight is 467 g/mol. The molecule has 0 spiro atoms. The summed E-state index contributed by atoms with van der Waals surface area (Å²) in [6.45, 7) is 4.15. The van der Waals surface area contributed by atoms with Crippen LogP contribution in [0.2, 0.25) is 4.34 Å². The summed E-state index contributed by atoms with van der Waals surface area (Å²) in [6, 6.07) is 15.6. The van der Waals surface area contributed by atoms with Crippen molar-refractivity contribution in [2.24, 2.45) is 0 Å². The molecule has 3 aromatic heterocycles. The van der Waals surface area contributed by atoms with Gasteiger partial charge in [-0.15, -0.1) is 11.3 Å². The number of para-hydroxylation sites is 1. The lowest BCUT2D eigenvalue weighted by atomic mass is 10.1. The molecular weight excluding hydrogens is 448 g/mol. The quantitative estimate of drug-likeness (QED) is 0.404. The fraction of sp³-hybridized carbons (Fsp3) is 0.0870. The van der Waals surface area contributed by atoms with Crippen molar-refractivity contribution in [3.05, 3.63) is 92.0 Å². The Morgan fingerprint density at radius 2 is 2.09 bits per heavy atom. The molecule has 32 heavy (non-hydrogen) atoms. The van der Waals surface area contributed by atoms with Gasteiger partial charge >= 0.3 is 0 Å². The predicted octanol–water partition coefficient (Wildman–Crippen LogP) is 4.91. The van der Waals surface area contributed by atoms with Crippen LogP contribution in [0, 0.1) is 0 Å². The van der Waals surface area contributed by atoms with Gasteiger partial charge in [0.1, 0.15) is 11.6 Å². The summed E-state index contributed by atoms with van der Waals surface area (Å²) in [5, 5.41) is 7.75. The number of methoxy groups -OCH3 is 1. The molecule has 0 aliphatic rings. The van der Waals surface area contributed by atoms with E-state index in [-0.39, 0.29) is 11.5 Å². The van der Waals surface area contributed by atoms with Gasteiger partial charge in [0.05, 0.1) is 29.2 Å². The summed E-state index contributed by atoms with van der Waals surface area (Å²) in [6.07, 6.45) is 1.54. The average Bonchev–Trinajstić information content (AvgIpc) is 3.42. The van der Waals surface area contributed by atoms with Crippen LogP contribution in [0.4, 0.5) is 5.82 Å². The first-order chi connectivity index (χ1) is 15.5. The number of aromatic amines is 1. The number of anilines is 1. The molecule has 0 radical (unpaired) electrons. The second-order valence-electron chi connectivity index (χ2n) is 6.78. The van der Waals surface area contributed by atoms with Crippen LogP contribution in [-0.4, -0.2) is 27.8 Å². The SMILES string of the molecule is C=Cc1cc(-c2cc(NCc3ccc(Cl)s3)n(C(=O)c3ccccc3OC)n2)cc(=O)[nH]1. The molecule has 0 bridgehead atoms. The Balaban J connectivity index is 1.77. The predicted molar refractivity (Wildman–Crippen MR) is 128 cm³/mol. The largest absolute Gasteiger partial charge is 0.496 e. The van der Waals surface area contributed by atoms with Crippen LogP contribution in [0.1, 0.15) is 20.9 Å². The van der Waals surface area contributed by atoms with Crippen LogP contribution in [0.25, 0.3) is 17.3 Å². The molecule has 2 N–H and O–H groups in total. The monoisotopic (exact) mass is 466 g/mol. The Kier molecular flexibility index (Phi) is 6.25. The molecule has 0 saturated heterocycles. The summed E-state index contributed by atoms with van der Waals surface area (Å²) in [5.74, 6) is 0.547. The molecule has 0 fully saturated rings. The van der Waals surface area contributed by atoms with E-state index in [0.29, 0.717) is 45.0 Å². The zero-order valence-electron chi connectivity index (χ0n) is 17.1. The number of aromatic nitrogens is 3. The van der Waals surface area contributed by atoms with Crippen molar-refractivity contribution in [3.63, 3.8) is 0 Å². The summed E-state index contributed by atoms with van der Waals surface area (Å²) >= 11 is 7.47. The van der Waals surface area contributed by atoms with E-state index in [9.17, 15) is 9.59 Å². The third kappa shape index (κ3) is 4.51. The molecule has 0 atom stereocenters. The number of H-pyrrole nitrogens is 1. The molecule has 162 valence electrons. The number of hydrogen-bond donors (Lipinski definition) is 2. The zero-order valence-corrected chi connectivity index (χ0v) is 18.7. The molecule has 1 aromatic carbocycles. The Labute approximate surface area is 192 Å². The topological polar surface area (TPSA) is 89.0 Å². The van der Waals surface area contributed by atoms with Crippen LogP contribution < -0.4 is 15.6 Å². The molecule has 0 amide bonds. The highest BCUT2D eigenvalue weighted by Gasteiger charge is 2.20. The Morgan fingerprint density at radius 3 is 2.81 bits per heavy atom. The number of carbonyl (C=O) groups excluding carboxylic acids is 1. The molecule has 7 nitrogen and oxygen atoms in total. The number of ether oxygens (including phenoxy) is 1. The van der Waals surface area contributed by atoms with Crippen molar-refractivity contribution in [3.8, 4) is 17.0 Å². The summed E-state index contributed by atoms with van der Waals surface area (Å²) < 4.78 is 7.30. The lowest BCUT2D eigenvalue weighted by Crippen LogP contribution is -2.18. The number of benzene rings is 1. The Hall–Kier alpha value is -3.62. The van der Waals surface area contributed by atoms with E-state index < -0.39 is 0 Å². The second kappa shape index (κ2) is 9.25. The maximum absolute atomic E-state index is 13.4. The van der Waals surface area contributed by atoms with E-state index in [2.05, 4.69) is 22.0 Å². The first-order valence-corrected chi connectivity index (χ1v) is 10.8. The minimum atomic E-state index is -0.366. The minimum absolute atomic E-state index is 0.286. The van der Waals surface area contributed by atoms with Crippen LogP contribution >= 0.6 is 22.9 Å². The van der Waals surface area contributed by atoms with Crippen molar-refractivity contribution >= 4 is 40.7 Å². The van der Waals surface area contributed by atoms with E-state index in [1.54, 1.807) is 42.5 Å². The number of hydrogen-bond acceptors (Lipinski definition) is 6. The maximum Gasteiger partial charge on any atom is 0.283 e. The van der Waals surface area contributed by atoms with Gasteiger partial charge in [-0.25, -0.2) is 0 Å². The van der Waals surface area contributed by atoms with Crippen LogP contribution in [-0.2, 0) is 6.54 Å². The van der Waals surface area contributed by atoms with Gasteiger partial charge in [0.2, 0.25) is 5.56 Å². The fourth-order valence-corrected chi connectivity index (χ4v) is 4.21. The van der Waals surface area contributed by atoms with E-state index >= 15 is 0 Å². The van der Waals surface area contributed by atoms with Gasteiger partial charge in [-0.1, -0.05) is 30.3 Å². The zero-order chi connectivity index (χ0) is 22.7. The third-order valence-electron chi connectivity index (χ3n) is 4.69. The number of thiophene rings is 1. The van der Waals surface area contributed by atoms with Crippen molar-refractivity contribution in [1.29, 1.82) is 0 Å². The fourth-order valence-electron chi connectivity index (χ4n) is 3.19. The van der Waals surface area contributed by atoms with Crippen molar-refractivity contribution < 1.29 is 9.53 Å². The highest BCUT2D eigenvalue weighted by Crippen LogP contribution is 2.27. The molecular formula is C23H19ClN4O3S. The number of rotatable bonds is 7. The van der Waals surface area contributed by atoms with E-state index in [4.69, 9.17) is 16.3 Å². The summed E-state index contributed by atoms with van der Waals surface area (Å²) in [4.78, 5) is 29.1. The first kappa shape index (κ1) is 21.6. The van der Waals surface area contributed by atoms with Crippen LogP contribution in [0.5, 0.6) is 5.75 Å². The van der Waals surface area contributed by atoms with E-state index in [1.165, 1.54) is 29.2 Å². The van der Waals surface area contributed by atoms with Gasteiger partial charge in [-0.3, -0.25) is 9.59 Å². The lowest BCUT2D eigenvalue weighted by Gasteiger charge is -2.10. The molecule has 9 heteroatoms. The molecule has 3 heterocycles. The van der Waals surface area contributed by atoms with Gasteiger partial charge in [0.15, 0.2) is 0 Å². The normalized spacial score (nSPS) is 10.7. The smallest absolute Gasteiger partial charge is 0.283 e. The van der Waals surface area contributed by atoms with Gasteiger partial charge < -0.3 is 15.0 Å². The van der Waals surface area contributed by atoms with Crippen molar-refractivity contribution in [2.75, 3.05) is 12.4 Å². The maximum atomic E-state index is 13.4. The van der Waals surface area contributed by atoms with Gasteiger partial charge in [0, 0.05) is 28.3 Å². The van der Waals surface area contributed by atoms with Gasteiger partial charge in [-0.05, 0) is 36.4 Å². The lowest BCUT2D eigenvalue weighted by molar-refractivity contribution is 0.0945. The molecule has 0 aliphatic carbocycles. The molecule has 0 aliphatic heterocycles. The molecule has 4 rings (SSSR count). The Bertz CT molecular complexity index is 1360.